The Balaban J connectivity index is 1.71. The minimum atomic E-state index is -0.923. The average molecular weight is 426 g/mol. The predicted molar refractivity (Wildman–Crippen MR) is 116 cm³/mol. The number of carboxylic acids is 1. The third-order valence-electron chi connectivity index (χ3n) is 4.47. The van der Waals surface area contributed by atoms with Gasteiger partial charge in [-0.25, -0.2) is 4.99 Å². The number of thioether (sulfide) groups is 1. The summed E-state index contributed by atoms with van der Waals surface area (Å²) in [7, 11) is 1.68. The van der Waals surface area contributed by atoms with Crippen molar-refractivity contribution in [2.24, 2.45) is 4.99 Å². The highest BCUT2D eigenvalue weighted by Gasteiger charge is 2.30. The standard InChI is InChI=1S/C21H16ClN3O3S/c1-24-20(28)18(29-21(24)23-15-8-6-14(22)7-9-15)10-13-11-25(12-19(26)27)17-5-3-2-4-16(13)17/h2-11H,12H2,1H3,(H,26,27). The van der Waals surface area contributed by atoms with E-state index in [9.17, 15) is 9.59 Å². The molecule has 0 atom stereocenters. The Morgan fingerprint density at radius 2 is 1.93 bits per heavy atom. The van der Waals surface area contributed by atoms with Gasteiger partial charge in [-0.2, -0.15) is 0 Å². The molecule has 1 aromatic heterocycles. The highest BCUT2D eigenvalue weighted by atomic mass is 35.5. The first-order chi connectivity index (χ1) is 13.9. The topological polar surface area (TPSA) is 74.9 Å². The number of fused-ring (bicyclic) bond motifs is 1. The van der Waals surface area contributed by atoms with Crippen LogP contribution in [0.4, 0.5) is 5.69 Å². The first kappa shape index (κ1) is 19.3. The number of hydrogen-bond acceptors (Lipinski definition) is 4. The number of nitrogens with zero attached hydrogens (tertiary/aromatic N) is 3. The van der Waals surface area contributed by atoms with Crippen molar-refractivity contribution in [3.05, 3.63) is 70.2 Å². The predicted octanol–water partition coefficient (Wildman–Crippen LogP) is 4.61. The van der Waals surface area contributed by atoms with E-state index < -0.39 is 5.97 Å². The van der Waals surface area contributed by atoms with Crippen molar-refractivity contribution in [1.29, 1.82) is 0 Å². The number of carbonyl (C=O) groups is 2. The molecule has 1 amide bonds. The number of aliphatic imine (C=N–C) groups is 1. The molecular weight excluding hydrogens is 410 g/mol. The zero-order chi connectivity index (χ0) is 20.5. The molecule has 0 saturated carbocycles. The molecule has 29 heavy (non-hydrogen) atoms. The van der Waals surface area contributed by atoms with E-state index in [1.165, 1.54) is 16.7 Å². The maximum absolute atomic E-state index is 12.7. The maximum atomic E-state index is 12.7. The van der Waals surface area contributed by atoms with E-state index in [0.29, 0.717) is 20.8 Å². The van der Waals surface area contributed by atoms with Crippen molar-refractivity contribution in [3.63, 3.8) is 0 Å². The second kappa shape index (κ2) is 7.77. The summed E-state index contributed by atoms with van der Waals surface area (Å²) in [5.74, 6) is -1.08. The van der Waals surface area contributed by atoms with Crippen LogP contribution < -0.4 is 0 Å². The molecule has 3 aromatic rings. The minimum Gasteiger partial charge on any atom is -0.480 e. The Kier molecular flexibility index (Phi) is 5.17. The molecule has 1 aliphatic rings. The highest BCUT2D eigenvalue weighted by Crippen LogP contribution is 2.35. The fraction of sp³-hybridized carbons (Fsp3) is 0.0952. The number of likely N-dealkylation sites (N-methyl/N-ethyl adjacent to an activating group) is 1. The summed E-state index contributed by atoms with van der Waals surface area (Å²) in [5, 5.41) is 11.2. The van der Waals surface area contributed by atoms with Crippen LogP contribution >= 0.6 is 23.4 Å². The van der Waals surface area contributed by atoms with Gasteiger partial charge in [0.1, 0.15) is 6.54 Å². The summed E-state index contributed by atoms with van der Waals surface area (Å²) in [6, 6.07) is 14.6. The zero-order valence-corrected chi connectivity index (χ0v) is 16.9. The Hall–Kier alpha value is -3.03. The molecule has 8 heteroatoms. The number of carboxylic acid groups (broad SMARTS) is 1. The number of carbonyl (C=O) groups excluding carboxylic acids is 1. The van der Waals surface area contributed by atoms with E-state index in [4.69, 9.17) is 16.7 Å². The number of aliphatic carboxylic acids is 1. The molecule has 0 bridgehead atoms. The zero-order valence-electron chi connectivity index (χ0n) is 15.4. The molecule has 0 unspecified atom stereocenters. The fourth-order valence-corrected chi connectivity index (χ4v) is 4.19. The molecule has 0 radical (unpaired) electrons. The van der Waals surface area contributed by atoms with Crippen LogP contribution in [-0.4, -0.2) is 38.7 Å². The Labute approximate surface area is 176 Å². The van der Waals surface area contributed by atoms with Gasteiger partial charge >= 0.3 is 5.97 Å². The molecule has 6 nitrogen and oxygen atoms in total. The number of amides is 1. The van der Waals surface area contributed by atoms with Gasteiger partial charge in [0, 0.05) is 34.7 Å². The van der Waals surface area contributed by atoms with Crippen LogP contribution in [0.3, 0.4) is 0 Å². The van der Waals surface area contributed by atoms with Crippen molar-refractivity contribution in [2.45, 2.75) is 6.54 Å². The number of aromatic nitrogens is 1. The summed E-state index contributed by atoms with van der Waals surface area (Å²) in [6.45, 7) is -0.145. The summed E-state index contributed by atoms with van der Waals surface area (Å²) in [5.41, 5.74) is 2.30. The number of halogens is 1. The first-order valence-electron chi connectivity index (χ1n) is 8.74. The van der Waals surface area contributed by atoms with Crippen molar-refractivity contribution in [2.75, 3.05) is 7.05 Å². The van der Waals surface area contributed by atoms with E-state index in [2.05, 4.69) is 4.99 Å². The lowest BCUT2D eigenvalue weighted by atomic mass is 10.1. The number of benzene rings is 2. The molecular formula is C21H16ClN3O3S. The van der Waals surface area contributed by atoms with Crippen molar-refractivity contribution in [3.8, 4) is 0 Å². The van der Waals surface area contributed by atoms with E-state index in [0.717, 1.165) is 16.5 Å². The smallest absolute Gasteiger partial charge is 0.323 e. The Bertz CT molecular complexity index is 1180. The van der Waals surface area contributed by atoms with E-state index in [-0.39, 0.29) is 12.5 Å². The molecule has 146 valence electrons. The molecule has 2 aromatic carbocycles. The van der Waals surface area contributed by atoms with Gasteiger partial charge < -0.3 is 9.67 Å². The summed E-state index contributed by atoms with van der Waals surface area (Å²) >= 11 is 7.19. The lowest BCUT2D eigenvalue weighted by molar-refractivity contribution is -0.137. The fourth-order valence-electron chi connectivity index (χ4n) is 3.09. The molecule has 0 spiro atoms. The third kappa shape index (κ3) is 3.92. The van der Waals surface area contributed by atoms with Crippen molar-refractivity contribution < 1.29 is 14.7 Å². The molecule has 1 N–H and O–H groups in total. The maximum Gasteiger partial charge on any atom is 0.323 e. The van der Waals surface area contributed by atoms with Gasteiger partial charge in [-0.1, -0.05) is 29.8 Å². The molecule has 4 rings (SSSR count). The van der Waals surface area contributed by atoms with E-state index in [1.54, 1.807) is 48.2 Å². The number of hydrogen-bond donors (Lipinski definition) is 1. The average Bonchev–Trinajstić information content (AvgIpc) is 3.16. The summed E-state index contributed by atoms with van der Waals surface area (Å²) in [6.07, 6.45) is 3.54. The number of para-hydroxylation sites is 1. The van der Waals surface area contributed by atoms with Crippen LogP contribution in [0.15, 0.2) is 64.6 Å². The van der Waals surface area contributed by atoms with Gasteiger partial charge in [0.25, 0.3) is 5.91 Å². The lowest BCUT2D eigenvalue weighted by Crippen LogP contribution is -2.23. The van der Waals surface area contributed by atoms with Crippen molar-refractivity contribution >= 4 is 63.1 Å². The van der Waals surface area contributed by atoms with Crippen LogP contribution in [0.1, 0.15) is 5.56 Å². The summed E-state index contributed by atoms with van der Waals surface area (Å²) < 4.78 is 1.67. The Morgan fingerprint density at radius 3 is 2.66 bits per heavy atom. The van der Waals surface area contributed by atoms with Gasteiger partial charge in [-0.3, -0.25) is 14.5 Å². The lowest BCUT2D eigenvalue weighted by Gasteiger charge is -2.06. The van der Waals surface area contributed by atoms with Crippen LogP contribution in [0.25, 0.3) is 17.0 Å². The van der Waals surface area contributed by atoms with E-state index in [1.807, 2.05) is 24.3 Å². The monoisotopic (exact) mass is 425 g/mol. The molecule has 1 fully saturated rings. The van der Waals surface area contributed by atoms with Gasteiger partial charge in [-0.15, -0.1) is 0 Å². The van der Waals surface area contributed by atoms with Gasteiger partial charge in [0.05, 0.1) is 10.6 Å². The quantitative estimate of drug-likeness (QED) is 0.619. The second-order valence-electron chi connectivity index (χ2n) is 6.47. The highest BCUT2D eigenvalue weighted by molar-refractivity contribution is 8.18. The number of amidine groups is 1. The van der Waals surface area contributed by atoms with Crippen LogP contribution in [-0.2, 0) is 16.1 Å². The van der Waals surface area contributed by atoms with Crippen molar-refractivity contribution in [1.82, 2.24) is 9.47 Å². The largest absolute Gasteiger partial charge is 0.480 e. The third-order valence-corrected chi connectivity index (χ3v) is 5.78. The minimum absolute atomic E-state index is 0.145. The first-order valence-corrected chi connectivity index (χ1v) is 9.93. The molecule has 2 heterocycles. The second-order valence-corrected chi connectivity index (χ2v) is 7.91. The van der Waals surface area contributed by atoms with Gasteiger partial charge in [0.2, 0.25) is 0 Å². The SMILES string of the molecule is CN1C(=O)C(=Cc2cn(CC(=O)O)c3ccccc23)SC1=Nc1ccc(Cl)cc1. The summed E-state index contributed by atoms with van der Waals surface area (Å²) in [4.78, 5) is 30.5. The van der Waals surface area contributed by atoms with E-state index >= 15 is 0 Å². The van der Waals surface area contributed by atoms with Crippen LogP contribution in [0, 0.1) is 0 Å². The molecule has 1 saturated heterocycles. The van der Waals surface area contributed by atoms with Crippen LogP contribution in [0.2, 0.25) is 5.02 Å². The molecule has 0 aliphatic carbocycles. The number of rotatable bonds is 4. The van der Waals surface area contributed by atoms with Gasteiger partial charge in [-0.05, 0) is 48.2 Å². The van der Waals surface area contributed by atoms with Gasteiger partial charge in [0.15, 0.2) is 5.17 Å². The normalized spacial score (nSPS) is 17.0. The molecule has 1 aliphatic heterocycles. The van der Waals surface area contributed by atoms with Crippen LogP contribution in [0.5, 0.6) is 0 Å². The Morgan fingerprint density at radius 1 is 1.21 bits per heavy atom.